The van der Waals surface area contributed by atoms with Gasteiger partial charge in [-0.15, -0.1) is 10.2 Å². The van der Waals surface area contributed by atoms with Gasteiger partial charge in [-0.05, 0) is 25.1 Å². The second-order valence-corrected chi connectivity index (χ2v) is 4.03. The van der Waals surface area contributed by atoms with Crippen molar-refractivity contribution in [1.29, 1.82) is 0 Å². The van der Waals surface area contributed by atoms with Gasteiger partial charge < -0.3 is 9.67 Å². The average Bonchev–Trinajstić information content (AvgIpc) is 2.80. The smallest absolute Gasteiger partial charge is 0.388 e. The average molecular weight is 289 g/mol. The molecule has 1 aromatic heterocycles. The van der Waals surface area contributed by atoms with Crippen molar-refractivity contribution in [3.8, 4) is 11.4 Å². The Morgan fingerprint density at radius 1 is 1.25 bits per heavy atom. The van der Waals surface area contributed by atoms with Crippen molar-refractivity contribution >= 4 is 0 Å². The Morgan fingerprint density at radius 2 is 1.95 bits per heavy atom. The zero-order valence-electron chi connectivity index (χ0n) is 10.4. The predicted octanol–water partition coefficient (Wildman–Crippen LogP) is 2.62. The van der Waals surface area contributed by atoms with E-state index in [9.17, 15) is 17.6 Å². The van der Waals surface area contributed by atoms with Crippen LogP contribution >= 0.6 is 0 Å². The number of aliphatic hydroxyl groups excluding tert-OH is 1. The van der Waals surface area contributed by atoms with Gasteiger partial charge in [0.05, 0.1) is 11.1 Å². The fourth-order valence-corrected chi connectivity index (χ4v) is 1.86. The molecule has 20 heavy (non-hydrogen) atoms. The van der Waals surface area contributed by atoms with Crippen LogP contribution < -0.4 is 0 Å². The van der Waals surface area contributed by atoms with Gasteiger partial charge in [-0.2, -0.15) is 13.2 Å². The van der Waals surface area contributed by atoms with E-state index in [1.165, 1.54) is 4.57 Å². The molecule has 0 saturated carbocycles. The lowest BCUT2D eigenvalue weighted by Gasteiger charge is -2.10. The van der Waals surface area contributed by atoms with Crippen molar-refractivity contribution < 1.29 is 22.7 Å². The van der Waals surface area contributed by atoms with Gasteiger partial charge in [0.2, 0.25) is 0 Å². The summed E-state index contributed by atoms with van der Waals surface area (Å²) in [7, 11) is 0. The maximum Gasteiger partial charge on any atom is 0.416 e. The number of hydrogen-bond acceptors (Lipinski definition) is 3. The molecule has 108 valence electrons. The topological polar surface area (TPSA) is 50.9 Å². The fourth-order valence-electron chi connectivity index (χ4n) is 1.86. The Bertz CT molecular complexity index is 622. The summed E-state index contributed by atoms with van der Waals surface area (Å²) in [5.74, 6) is -0.705. The van der Waals surface area contributed by atoms with Crippen molar-refractivity contribution in [1.82, 2.24) is 14.8 Å². The van der Waals surface area contributed by atoms with E-state index in [0.717, 1.165) is 6.07 Å². The van der Waals surface area contributed by atoms with Crippen molar-refractivity contribution in [3.63, 3.8) is 0 Å². The second-order valence-electron chi connectivity index (χ2n) is 4.03. The molecular weight excluding hydrogens is 278 g/mol. The molecular formula is C12H11F4N3O. The van der Waals surface area contributed by atoms with Crippen molar-refractivity contribution in [2.45, 2.75) is 26.3 Å². The molecule has 0 spiro atoms. The summed E-state index contributed by atoms with van der Waals surface area (Å²) in [6, 6.07) is 2.09. The van der Waals surface area contributed by atoms with E-state index in [1.54, 1.807) is 6.92 Å². The van der Waals surface area contributed by atoms with Crippen LogP contribution in [0.1, 0.15) is 18.3 Å². The first kappa shape index (κ1) is 14.4. The first-order chi connectivity index (χ1) is 9.38. The Kier molecular flexibility index (Phi) is 3.76. The van der Waals surface area contributed by atoms with Crippen molar-refractivity contribution in [3.05, 3.63) is 35.4 Å². The van der Waals surface area contributed by atoms with Crippen LogP contribution in [0.3, 0.4) is 0 Å². The van der Waals surface area contributed by atoms with Gasteiger partial charge in [-0.1, -0.05) is 0 Å². The van der Waals surface area contributed by atoms with Crippen LogP contribution in [-0.2, 0) is 19.3 Å². The molecule has 4 nitrogen and oxygen atoms in total. The highest BCUT2D eigenvalue weighted by atomic mass is 19.4. The van der Waals surface area contributed by atoms with Gasteiger partial charge in [0.15, 0.2) is 11.6 Å². The van der Waals surface area contributed by atoms with E-state index < -0.39 is 24.2 Å². The number of alkyl halides is 3. The zero-order chi connectivity index (χ0) is 14.9. The van der Waals surface area contributed by atoms with Crippen molar-refractivity contribution in [2.75, 3.05) is 0 Å². The SMILES string of the molecule is CCn1c(CO)nnc1-c1cc(C(F)(F)F)ccc1F. The first-order valence-corrected chi connectivity index (χ1v) is 5.78. The number of benzene rings is 1. The Morgan fingerprint density at radius 3 is 2.50 bits per heavy atom. The summed E-state index contributed by atoms with van der Waals surface area (Å²) < 4.78 is 53.1. The number of aromatic nitrogens is 3. The normalized spacial score (nSPS) is 11.9. The molecule has 8 heteroatoms. The molecule has 1 aromatic carbocycles. The minimum absolute atomic E-state index is 0.0415. The molecule has 0 unspecified atom stereocenters. The summed E-state index contributed by atoms with van der Waals surface area (Å²) in [5, 5.41) is 16.4. The van der Waals surface area contributed by atoms with E-state index in [1.807, 2.05) is 0 Å². The van der Waals surface area contributed by atoms with Crippen LogP contribution in [0.4, 0.5) is 17.6 Å². The maximum absolute atomic E-state index is 13.8. The molecule has 0 aliphatic rings. The maximum atomic E-state index is 13.8. The number of aliphatic hydroxyl groups is 1. The van der Waals surface area contributed by atoms with Crippen molar-refractivity contribution in [2.24, 2.45) is 0 Å². The number of nitrogens with zero attached hydrogens (tertiary/aromatic N) is 3. The fraction of sp³-hybridized carbons (Fsp3) is 0.333. The van der Waals surface area contributed by atoms with E-state index in [0.29, 0.717) is 18.7 Å². The highest BCUT2D eigenvalue weighted by molar-refractivity contribution is 5.58. The van der Waals surface area contributed by atoms with Gasteiger partial charge in [0.1, 0.15) is 12.4 Å². The molecule has 0 aliphatic heterocycles. The minimum Gasteiger partial charge on any atom is -0.388 e. The third kappa shape index (κ3) is 2.51. The predicted molar refractivity (Wildman–Crippen MR) is 62.0 cm³/mol. The molecule has 2 rings (SSSR count). The highest BCUT2D eigenvalue weighted by Crippen LogP contribution is 2.33. The second kappa shape index (κ2) is 5.20. The largest absolute Gasteiger partial charge is 0.416 e. The summed E-state index contributed by atoms with van der Waals surface area (Å²) in [5.41, 5.74) is -1.26. The molecule has 0 bridgehead atoms. The molecule has 0 amide bonds. The van der Waals surface area contributed by atoms with Gasteiger partial charge in [0.25, 0.3) is 0 Å². The summed E-state index contributed by atoms with van der Waals surface area (Å²) in [6.07, 6.45) is -4.57. The molecule has 0 saturated heterocycles. The molecule has 0 atom stereocenters. The Hall–Kier alpha value is -1.96. The first-order valence-electron chi connectivity index (χ1n) is 5.78. The Balaban J connectivity index is 2.60. The third-order valence-corrected chi connectivity index (χ3v) is 2.82. The van der Waals surface area contributed by atoms with Crippen LogP contribution in [0.2, 0.25) is 0 Å². The molecule has 1 heterocycles. The van der Waals surface area contributed by atoms with Crippen LogP contribution in [0, 0.1) is 5.82 Å². The van der Waals surface area contributed by atoms with Crippen LogP contribution in [-0.4, -0.2) is 19.9 Å². The summed E-state index contributed by atoms with van der Waals surface area (Å²) in [6.45, 7) is 1.56. The monoisotopic (exact) mass is 289 g/mol. The minimum atomic E-state index is -4.57. The summed E-state index contributed by atoms with van der Waals surface area (Å²) >= 11 is 0. The highest BCUT2D eigenvalue weighted by Gasteiger charge is 2.32. The van der Waals surface area contributed by atoms with Gasteiger partial charge in [0, 0.05) is 6.54 Å². The van der Waals surface area contributed by atoms with Gasteiger partial charge in [-0.3, -0.25) is 0 Å². The zero-order valence-corrected chi connectivity index (χ0v) is 10.4. The van der Waals surface area contributed by atoms with E-state index >= 15 is 0 Å². The molecule has 2 aromatic rings. The summed E-state index contributed by atoms with van der Waals surface area (Å²) in [4.78, 5) is 0. The number of rotatable bonds is 3. The van der Waals surface area contributed by atoms with E-state index in [-0.39, 0.29) is 17.2 Å². The molecule has 0 aliphatic carbocycles. The lowest BCUT2D eigenvalue weighted by molar-refractivity contribution is -0.137. The standard InChI is InChI=1S/C12H11F4N3O/c1-2-19-10(6-20)17-18-11(19)8-5-7(12(14,15)16)3-4-9(8)13/h3-5,20H,2,6H2,1H3. The molecule has 0 fully saturated rings. The lowest BCUT2D eigenvalue weighted by Crippen LogP contribution is -2.08. The van der Waals surface area contributed by atoms with Gasteiger partial charge in [-0.25, -0.2) is 4.39 Å². The Labute approximate surface area is 111 Å². The van der Waals surface area contributed by atoms with E-state index in [2.05, 4.69) is 10.2 Å². The van der Waals surface area contributed by atoms with Crippen LogP contribution in [0.5, 0.6) is 0 Å². The molecule has 1 N–H and O–H groups in total. The molecule has 0 radical (unpaired) electrons. The quantitative estimate of drug-likeness (QED) is 0.884. The van der Waals surface area contributed by atoms with Crippen LogP contribution in [0.25, 0.3) is 11.4 Å². The lowest BCUT2D eigenvalue weighted by atomic mass is 10.1. The third-order valence-electron chi connectivity index (χ3n) is 2.82. The van der Waals surface area contributed by atoms with Crippen LogP contribution in [0.15, 0.2) is 18.2 Å². The number of halogens is 4. The van der Waals surface area contributed by atoms with Gasteiger partial charge >= 0.3 is 6.18 Å². The van der Waals surface area contributed by atoms with E-state index in [4.69, 9.17) is 5.11 Å². The number of hydrogen-bond donors (Lipinski definition) is 1.